The smallest absolute Gasteiger partial charge is 0.423 e. The van der Waals surface area contributed by atoms with Crippen molar-refractivity contribution in [3.05, 3.63) is 76.4 Å². The normalized spacial score (nSPS) is 11.5. The Morgan fingerprint density at radius 1 is 1.20 bits per heavy atom. The summed E-state index contributed by atoms with van der Waals surface area (Å²) in [5.74, 6) is -3.20. The molecule has 35 heavy (non-hydrogen) atoms. The number of nitrogens with one attached hydrogen (secondary N) is 1. The number of imidazole rings is 1. The Bertz CT molecular complexity index is 1250. The highest BCUT2D eigenvalue weighted by molar-refractivity contribution is 6.00. The lowest BCUT2D eigenvalue weighted by atomic mass is 9.97. The van der Waals surface area contributed by atoms with E-state index in [0.717, 1.165) is 23.3 Å². The zero-order chi connectivity index (χ0) is 25.9. The molecule has 0 atom stereocenters. The van der Waals surface area contributed by atoms with Gasteiger partial charge in [-0.15, -0.1) is 0 Å². The number of phenols is 1. The molecular formula is C25H26F3N3O4. The van der Waals surface area contributed by atoms with Crippen LogP contribution in [0.25, 0.3) is 0 Å². The fourth-order valence-corrected chi connectivity index (χ4v) is 3.48. The molecule has 0 aliphatic carbocycles. The first-order valence-corrected chi connectivity index (χ1v) is 10.8. The lowest BCUT2D eigenvalue weighted by Gasteiger charge is -2.18. The monoisotopic (exact) mass is 489 g/mol. The second-order valence-electron chi connectivity index (χ2n) is 8.51. The molecule has 2 N–H and O–H groups in total. The number of Topliss-reactive ketones (excluding diaryl/α,β-unsaturated/α-hetero) is 1. The predicted molar refractivity (Wildman–Crippen MR) is 122 cm³/mol. The first kappa shape index (κ1) is 25.8. The number of aromatic nitrogens is 2. The molecule has 3 rings (SSSR count). The Labute approximate surface area is 200 Å². The van der Waals surface area contributed by atoms with Crippen molar-refractivity contribution >= 4 is 11.7 Å². The van der Waals surface area contributed by atoms with Crippen molar-refractivity contribution in [3.8, 4) is 11.5 Å². The van der Waals surface area contributed by atoms with Crippen LogP contribution in [0.5, 0.6) is 11.5 Å². The number of carbonyl (C=O) groups excluding carboxylic acids is 2. The molecule has 1 heterocycles. The number of ketones is 1. The number of aryl methyl sites for hydroxylation is 2. The number of rotatable bonds is 8. The van der Waals surface area contributed by atoms with E-state index in [4.69, 9.17) is 4.74 Å². The van der Waals surface area contributed by atoms with E-state index in [1.165, 1.54) is 20.2 Å². The summed E-state index contributed by atoms with van der Waals surface area (Å²) in [6, 6.07) is 7.36. The van der Waals surface area contributed by atoms with E-state index in [1.54, 1.807) is 36.0 Å². The van der Waals surface area contributed by atoms with Gasteiger partial charge in [0.25, 0.3) is 5.91 Å². The van der Waals surface area contributed by atoms with Crippen LogP contribution in [-0.4, -0.2) is 26.3 Å². The zero-order valence-electron chi connectivity index (χ0n) is 19.7. The number of carbonyl (C=O) groups is 2. The molecule has 0 saturated heterocycles. The number of halogens is 3. The minimum atomic E-state index is -4.92. The van der Waals surface area contributed by atoms with E-state index in [9.17, 15) is 27.9 Å². The van der Waals surface area contributed by atoms with Gasteiger partial charge in [-0.2, -0.15) is 13.2 Å². The van der Waals surface area contributed by atoms with Crippen molar-refractivity contribution < 1.29 is 32.6 Å². The summed E-state index contributed by atoms with van der Waals surface area (Å²) >= 11 is 0. The van der Waals surface area contributed by atoms with Gasteiger partial charge >= 0.3 is 6.18 Å². The van der Waals surface area contributed by atoms with Gasteiger partial charge in [0, 0.05) is 25.7 Å². The van der Waals surface area contributed by atoms with Crippen LogP contribution in [0.15, 0.2) is 42.9 Å². The van der Waals surface area contributed by atoms with E-state index in [2.05, 4.69) is 10.3 Å². The average molecular weight is 489 g/mol. The fourth-order valence-electron chi connectivity index (χ4n) is 3.48. The topological polar surface area (TPSA) is 93.5 Å². The van der Waals surface area contributed by atoms with Gasteiger partial charge in [0.1, 0.15) is 29.4 Å². The van der Waals surface area contributed by atoms with Crippen molar-refractivity contribution in [1.82, 2.24) is 14.9 Å². The molecular weight excluding hydrogens is 463 g/mol. The van der Waals surface area contributed by atoms with Crippen LogP contribution in [0.1, 0.15) is 56.9 Å². The number of aromatic hydroxyl groups is 1. The number of amides is 1. The van der Waals surface area contributed by atoms with Gasteiger partial charge < -0.3 is 19.7 Å². The third-order valence-corrected chi connectivity index (χ3v) is 5.39. The summed E-state index contributed by atoms with van der Waals surface area (Å²) in [7, 11) is 1.76. The molecule has 1 amide bonds. The molecule has 186 valence electrons. The molecule has 0 radical (unpaired) electrons. The summed E-state index contributed by atoms with van der Waals surface area (Å²) in [5.41, 5.74) is 0.742. The highest BCUT2D eigenvalue weighted by Crippen LogP contribution is 2.44. The highest BCUT2D eigenvalue weighted by atomic mass is 19.4. The molecule has 1 aromatic heterocycles. The Kier molecular flexibility index (Phi) is 7.52. The van der Waals surface area contributed by atoms with Crippen molar-refractivity contribution in [3.63, 3.8) is 0 Å². The van der Waals surface area contributed by atoms with Crippen molar-refractivity contribution in [1.29, 1.82) is 0 Å². The third-order valence-electron chi connectivity index (χ3n) is 5.39. The van der Waals surface area contributed by atoms with Gasteiger partial charge in [0.2, 0.25) is 0 Å². The standard InChI is InChI=1S/C25H26F3N3O4/c1-14(2)22(32)18-7-8-20(21(23(18)33)25(26,27)28)35-12-16-5-6-17(15(3)9-16)10-29-24(34)19-11-31(4)13-30-19/h5-9,11,13-14,33H,10,12H2,1-4H3,(H,29,34). The molecule has 10 heteroatoms. The maximum atomic E-state index is 13.7. The van der Waals surface area contributed by atoms with Gasteiger partial charge in [-0.1, -0.05) is 32.0 Å². The van der Waals surface area contributed by atoms with Crippen LogP contribution in [0.4, 0.5) is 13.2 Å². The van der Waals surface area contributed by atoms with Gasteiger partial charge in [-0.25, -0.2) is 4.98 Å². The minimum absolute atomic E-state index is 0.193. The minimum Gasteiger partial charge on any atom is -0.506 e. The molecule has 0 aliphatic heterocycles. The van der Waals surface area contributed by atoms with Gasteiger partial charge in [0.15, 0.2) is 5.78 Å². The molecule has 2 aromatic carbocycles. The summed E-state index contributed by atoms with van der Waals surface area (Å²) in [4.78, 5) is 28.3. The van der Waals surface area contributed by atoms with E-state index < -0.39 is 40.5 Å². The van der Waals surface area contributed by atoms with Crippen LogP contribution < -0.4 is 10.1 Å². The summed E-state index contributed by atoms with van der Waals surface area (Å²) in [6.07, 6.45) is -1.80. The number of hydrogen-bond acceptors (Lipinski definition) is 5. The second kappa shape index (κ2) is 10.2. The highest BCUT2D eigenvalue weighted by Gasteiger charge is 2.40. The molecule has 7 nitrogen and oxygen atoms in total. The van der Waals surface area contributed by atoms with E-state index in [1.807, 2.05) is 6.92 Å². The van der Waals surface area contributed by atoms with E-state index in [-0.39, 0.29) is 19.1 Å². The van der Waals surface area contributed by atoms with Crippen LogP contribution in [-0.2, 0) is 26.4 Å². The molecule has 0 unspecified atom stereocenters. The maximum absolute atomic E-state index is 13.7. The van der Waals surface area contributed by atoms with Crippen LogP contribution >= 0.6 is 0 Å². The molecule has 0 fully saturated rings. The second-order valence-corrected chi connectivity index (χ2v) is 8.51. The SMILES string of the molecule is Cc1cc(COc2ccc(C(=O)C(C)C)c(O)c2C(F)(F)F)ccc1CNC(=O)c1cn(C)cn1. The molecule has 0 aliphatic rings. The maximum Gasteiger partial charge on any atom is 0.423 e. The third kappa shape index (κ3) is 6.00. The number of hydrogen-bond donors (Lipinski definition) is 2. The summed E-state index contributed by atoms with van der Waals surface area (Å²) < 4.78 is 48.1. The zero-order valence-corrected chi connectivity index (χ0v) is 19.7. The number of benzene rings is 2. The van der Waals surface area contributed by atoms with Crippen LogP contribution in [0, 0.1) is 12.8 Å². The van der Waals surface area contributed by atoms with Crippen molar-refractivity contribution in [2.75, 3.05) is 0 Å². The summed E-state index contributed by atoms with van der Waals surface area (Å²) in [5, 5.41) is 13.0. The lowest BCUT2D eigenvalue weighted by Crippen LogP contribution is -2.23. The van der Waals surface area contributed by atoms with Crippen molar-refractivity contribution in [2.45, 2.75) is 40.1 Å². The van der Waals surface area contributed by atoms with E-state index in [0.29, 0.717) is 11.3 Å². The molecule has 0 saturated carbocycles. The Morgan fingerprint density at radius 2 is 1.91 bits per heavy atom. The number of alkyl halides is 3. The van der Waals surface area contributed by atoms with Gasteiger partial charge in [0.05, 0.1) is 11.9 Å². The Hall–Kier alpha value is -3.82. The fraction of sp³-hybridized carbons (Fsp3) is 0.320. The predicted octanol–water partition coefficient (Wildman–Crippen LogP) is 4.80. The first-order chi connectivity index (χ1) is 16.4. The Morgan fingerprint density at radius 3 is 2.49 bits per heavy atom. The van der Waals surface area contributed by atoms with Crippen LogP contribution in [0.3, 0.4) is 0 Å². The van der Waals surface area contributed by atoms with Gasteiger partial charge in [-0.05, 0) is 35.7 Å². The largest absolute Gasteiger partial charge is 0.506 e. The molecule has 0 bridgehead atoms. The van der Waals surface area contributed by atoms with Crippen LogP contribution in [0.2, 0.25) is 0 Å². The van der Waals surface area contributed by atoms with Crippen molar-refractivity contribution in [2.24, 2.45) is 13.0 Å². The first-order valence-electron chi connectivity index (χ1n) is 10.8. The number of phenolic OH excluding ortho intramolecular Hbond substituents is 1. The van der Waals surface area contributed by atoms with E-state index >= 15 is 0 Å². The lowest BCUT2D eigenvalue weighted by molar-refractivity contribution is -0.140. The Balaban J connectivity index is 1.73. The molecule has 3 aromatic rings. The van der Waals surface area contributed by atoms with Gasteiger partial charge in [-0.3, -0.25) is 9.59 Å². The number of nitrogens with zero attached hydrogens (tertiary/aromatic N) is 2. The number of ether oxygens (including phenoxy) is 1. The molecule has 0 spiro atoms. The summed E-state index contributed by atoms with van der Waals surface area (Å²) in [6.45, 7) is 4.94. The average Bonchev–Trinajstić information content (AvgIpc) is 3.21. The quantitative estimate of drug-likeness (QED) is 0.444.